The van der Waals surface area contributed by atoms with Gasteiger partial charge in [0, 0.05) is 31.6 Å². The van der Waals surface area contributed by atoms with Crippen molar-refractivity contribution < 1.29 is 14.3 Å². The minimum Gasteiger partial charge on any atom is -0.355 e. The van der Waals surface area contributed by atoms with Gasteiger partial charge in [0.1, 0.15) is 11.5 Å². The summed E-state index contributed by atoms with van der Waals surface area (Å²) in [6, 6.07) is 5.93. The quantitative estimate of drug-likeness (QED) is 0.898. The van der Waals surface area contributed by atoms with E-state index in [2.05, 4.69) is 26.3 Å². The highest BCUT2D eigenvalue weighted by molar-refractivity contribution is 6.02. The Morgan fingerprint density at radius 2 is 1.70 bits per heavy atom. The molecule has 4 rings (SSSR count). The first-order valence-corrected chi connectivity index (χ1v) is 9.28. The lowest BCUT2D eigenvalue weighted by atomic mass is 10.0. The van der Waals surface area contributed by atoms with E-state index in [-0.39, 0.29) is 5.91 Å². The SMILES string of the molecule is Cc1cc(C)cc(NC(=O)c2cnc(N3CCC4(CC3)OCCO4)cn2)c1. The number of carbonyl (C=O) groups excluding carboxylic acids is 1. The number of benzene rings is 1. The number of hydrogen-bond acceptors (Lipinski definition) is 6. The molecule has 0 unspecified atom stereocenters. The van der Waals surface area contributed by atoms with Crippen molar-refractivity contribution in [1.82, 2.24) is 9.97 Å². The average molecular weight is 368 g/mol. The van der Waals surface area contributed by atoms with E-state index in [1.54, 1.807) is 6.20 Å². The molecule has 27 heavy (non-hydrogen) atoms. The molecule has 2 fully saturated rings. The number of hydrogen-bond donors (Lipinski definition) is 1. The fraction of sp³-hybridized carbons (Fsp3) is 0.450. The van der Waals surface area contributed by atoms with Crippen molar-refractivity contribution >= 4 is 17.4 Å². The second-order valence-electron chi connectivity index (χ2n) is 7.19. The molecule has 0 atom stereocenters. The maximum atomic E-state index is 12.4. The van der Waals surface area contributed by atoms with Crippen LogP contribution in [0.15, 0.2) is 30.6 Å². The highest BCUT2D eigenvalue weighted by atomic mass is 16.7. The van der Waals surface area contributed by atoms with Crippen LogP contribution in [0.1, 0.15) is 34.5 Å². The van der Waals surface area contributed by atoms with Crippen LogP contribution in [-0.2, 0) is 9.47 Å². The third-order valence-electron chi connectivity index (χ3n) is 5.01. The van der Waals surface area contributed by atoms with E-state index in [9.17, 15) is 4.79 Å². The second-order valence-corrected chi connectivity index (χ2v) is 7.19. The van der Waals surface area contributed by atoms with Gasteiger partial charge in [0.15, 0.2) is 5.79 Å². The fourth-order valence-corrected chi connectivity index (χ4v) is 3.71. The van der Waals surface area contributed by atoms with Crippen LogP contribution in [0.4, 0.5) is 11.5 Å². The number of rotatable bonds is 3. The number of carbonyl (C=O) groups is 1. The first kappa shape index (κ1) is 17.9. The van der Waals surface area contributed by atoms with Crippen LogP contribution < -0.4 is 10.2 Å². The molecule has 1 aromatic heterocycles. The van der Waals surface area contributed by atoms with Crippen molar-refractivity contribution in [2.24, 2.45) is 0 Å². The number of piperidine rings is 1. The van der Waals surface area contributed by atoms with E-state index >= 15 is 0 Å². The van der Waals surface area contributed by atoms with E-state index in [0.717, 1.165) is 48.6 Å². The van der Waals surface area contributed by atoms with Gasteiger partial charge in [-0.1, -0.05) is 6.07 Å². The summed E-state index contributed by atoms with van der Waals surface area (Å²) in [6.45, 7) is 6.93. The smallest absolute Gasteiger partial charge is 0.275 e. The summed E-state index contributed by atoms with van der Waals surface area (Å²) < 4.78 is 11.5. The monoisotopic (exact) mass is 368 g/mol. The molecule has 1 aromatic carbocycles. The van der Waals surface area contributed by atoms with Crippen molar-refractivity contribution in [3.05, 3.63) is 47.4 Å². The van der Waals surface area contributed by atoms with Crippen LogP contribution in [0, 0.1) is 13.8 Å². The normalized spacial score (nSPS) is 18.7. The number of aryl methyl sites for hydroxylation is 2. The van der Waals surface area contributed by atoms with Crippen LogP contribution in [-0.4, -0.2) is 48.0 Å². The largest absolute Gasteiger partial charge is 0.355 e. The Hall–Kier alpha value is -2.51. The van der Waals surface area contributed by atoms with Gasteiger partial charge >= 0.3 is 0 Å². The molecule has 1 spiro atoms. The Morgan fingerprint density at radius 3 is 2.30 bits per heavy atom. The minimum absolute atomic E-state index is 0.260. The second kappa shape index (κ2) is 7.25. The summed E-state index contributed by atoms with van der Waals surface area (Å²) in [5.74, 6) is 0.102. The number of amides is 1. The third-order valence-corrected chi connectivity index (χ3v) is 5.01. The zero-order chi connectivity index (χ0) is 18.9. The van der Waals surface area contributed by atoms with Crippen molar-refractivity contribution in [1.29, 1.82) is 0 Å². The number of ether oxygens (including phenoxy) is 2. The van der Waals surface area contributed by atoms with Crippen LogP contribution in [0.3, 0.4) is 0 Å². The standard InChI is InChI=1S/C20H24N4O3/c1-14-9-15(2)11-16(10-14)23-19(25)17-12-22-18(13-21-17)24-5-3-20(4-6-24)26-7-8-27-20/h9-13H,3-8H2,1-2H3,(H,23,25). The van der Waals surface area contributed by atoms with Crippen LogP contribution in [0.5, 0.6) is 0 Å². The summed E-state index contributed by atoms with van der Waals surface area (Å²) in [5.41, 5.74) is 3.27. The zero-order valence-corrected chi connectivity index (χ0v) is 15.7. The van der Waals surface area contributed by atoms with E-state index in [1.165, 1.54) is 6.20 Å². The molecule has 0 bridgehead atoms. The molecule has 7 nitrogen and oxygen atoms in total. The van der Waals surface area contributed by atoms with Crippen molar-refractivity contribution in [3.63, 3.8) is 0 Å². The van der Waals surface area contributed by atoms with E-state index in [0.29, 0.717) is 18.9 Å². The van der Waals surface area contributed by atoms with E-state index in [1.807, 2.05) is 26.0 Å². The minimum atomic E-state index is -0.407. The Bertz CT molecular complexity index is 801. The number of nitrogens with one attached hydrogen (secondary N) is 1. The number of nitrogens with zero attached hydrogens (tertiary/aromatic N) is 3. The first-order valence-electron chi connectivity index (χ1n) is 9.28. The zero-order valence-electron chi connectivity index (χ0n) is 15.7. The van der Waals surface area contributed by atoms with Gasteiger partial charge in [-0.05, 0) is 37.1 Å². The fourth-order valence-electron chi connectivity index (χ4n) is 3.71. The van der Waals surface area contributed by atoms with Crippen molar-refractivity contribution in [2.45, 2.75) is 32.5 Å². The van der Waals surface area contributed by atoms with Crippen molar-refractivity contribution in [3.8, 4) is 0 Å². The molecule has 2 aliphatic rings. The molecular weight excluding hydrogens is 344 g/mol. The molecular formula is C20H24N4O3. The van der Waals surface area contributed by atoms with Gasteiger partial charge in [0.2, 0.25) is 0 Å². The first-order chi connectivity index (χ1) is 13.0. The maximum Gasteiger partial charge on any atom is 0.275 e. The molecule has 1 amide bonds. The van der Waals surface area contributed by atoms with Gasteiger partial charge in [-0.15, -0.1) is 0 Å². The topological polar surface area (TPSA) is 76.6 Å². The molecule has 0 aliphatic carbocycles. The van der Waals surface area contributed by atoms with Crippen LogP contribution >= 0.6 is 0 Å². The molecule has 3 heterocycles. The summed E-state index contributed by atoms with van der Waals surface area (Å²) >= 11 is 0. The summed E-state index contributed by atoms with van der Waals surface area (Å²) in [7, 11) is 0. The maximum absolute atomic E-state index is 12.4. The van der Waals surface area contributed by atoms with Gasteiger partial charge in [0.05, 0.1) is 25.6 Å². The van der Waals surface area contributed by atoms with Gasteiger partial charge < -0.3 is 19.7 Å². The molecule has 2 aromatic rings. The van der Waals surface area contributed by atoms with Gasteiger partial charge in [0.25, 0.3) is 5.91 Å². The van der Waals surface area contributed by atoms with E-state index < -0.39 is 5.79 Å². The molecule has 0 radical (unpaired) electrons. The van der Waals surface area contributed by atoms with Gasteiger partial charge in [-0.3, -0.25) is 4.79 Å². The third kappa shape index (κ3) is 3.94. The van der Waals surface area contributed by atoms with Crippen LogP contribution in [0.25, 0.3) is 0 Å². The molecule has 1 N–H and O–H groups in total. The summed E-state index contributed by atoms with van der Waals surface area (Å²) in [5, 5.41) is 2.88. The molecule has 0 saturated carbocycles. The predicted molar refractivity (Wildman–Crippen MR) is 102 cm³/mol. The Balaban J connectivity index is 1.39. The Labute approximate surface area is 158 Å². The van der Waals surface area contributed by atoms with Gasteiger partial charge in [-0.2, -0.15) is 0 Å². The Kier molecular flexibility index (Phi) is 4.80. The van der Waals surface area contributed by atoms with Crippen molar-refractivity contribution in [2.75, 3.05) is 36.5 Å². The number of anilines is 2. The lowest BCUT2D eigenvalue weighted by Gasteiger charge is -2.37. The van der Waals surface area contributed by atoms with Crippen LogP contribution in [0.2, 0.25) is 0 Å². The molecule has 7 heteroatoms. The lowest BCUT2D eigenvalue weighted by Crippen LogP contribution is -2.45. The predicted octanol–water partition coefficient (Wildman–Crippen LogP) is 2.69. The summed E-state index contributed by atoms with van der Waals surface area (Å²) in [4.78, 5) is 23.3. The number of aromatic nitrogens is 2. The molecule has 142 valence electrons. The highest BCUT2D eigenvalue weighted by Gasteiger charge is 2.40. The highest BCUT2D eigenvalue weighted by Crippen LogP contribution is 2.32. The summed E-state index contributed by atoms with van der Waals surface area (Å²) in [6.07, 6.45) is 4.80. The molecule has 2 saturated heterocycles. The average Bonchev–Trinajstić information content (AvgIpc) is 3.10. The lowest BCUT2D eigenvalue weighted by molar-refractivity contribution is -0.169. The van der Waals surface area contributed by atoms with E-state index in [4.69, 9.17) is 9.47 Å². The van der Waals surface area contributed by atoms with Gasteiger partial charge in [-0.25, -0.2) is 9.97 Å². The Morgan fingerprint density at radius 1 is 1.04 bits per heavy atom. The molecule has 2 aliphatic heterocycles.